The van der Waals surface area contributed by atoms with Crippen molar-refractivity contribution in [1.29, 1.82) is 0 Å². The lowest BCUT2D eigenvalue weighted by atomic mass is 9.72. The van der Waals surface area contributed by atoms with Crippen LogP contribution in [0.5, 0.6) is 0 Å². The zero-order valence-corrected chi connectivity index (χ0v) is 11.7. The van der Waals surface area contributed by atoms with E-state index in [2.05, 4.69) is 46.9 Å². The first-order valence-corrected chi connectivity index (χ1v) is 6.48. The SMILES string of the molecule is CC(C)C(C(=O)NC1(C)CCC1)C(C)(C)C. The van der Waals surface area contributed by atoms with Crippen molar-refractivity contribution in [2.75, 3.05) is 0 Å². The number of carbonyl (C=O) groups excluding carboxylic acids is 1. The lowest BCUT2D eigenvalue weighted by Crippen LogP contribution is -2.55. The summed E-state index contributed by atoms with van der Waals surface area (Å²) in [6, 6.07) is 0. The first kappa shape index (κ1) is 13.5. The van der Waals surface area contributed by atoms with E-state index in [1.165, 1.54) is 6.42 Å². The molecule has 2 heteroatoms. The van der Waals surface area contributed by atoms with Gasteiger partial charge in [0.15, 0.2) is 0 Å². The van der Waals surface area contributed by atoms with Gasteiger partial charge >= 0.3 is 0 Å². The number of hydrogen-bond acceptors (Lipinski definition) is 1. The second-order valence-corrected chi connectivity index (χ2v) is 6.99. The Morgan fingerprint density at radius 2 is 1.75 bits per heavy atom. The third-order valence-corrected chi connectivity index (χ3v) is 3.76. The van der Waals surface area contributed by atoms with Crippen LogP contribution in [0.3, 0.4) is 0 Å². The van der Waals surface area contributed by atoms with Gasteiger partial charge in [0.05, 0.1) is 0 Å². The highest BCUT2D eigenvalue weighted by Crippen LogP contribution is 2.35. The van der Waals surface area contributed by atoms with Crippen LogP contribution in [-0.2, 0) is 4.79 Å². The number of amides is 1. The molecule has 0 aromatic carbocycles. The Kier molecular flexibility index (Phi) is 3.71. The molecule has 0 saturated heterocycles. The molecular weight excluding hydrogens is 198 g/mol. The molecule has 16 heavy (non-hydrogen) atoms. The molecule has 0 bridgehead atoms. The number of carbonyl (C=O) groups is 1. The van der Waals surface area contributed by atoms with Crippen LogP contribution in [0, 0.1) is 17.3 Å². The molecule has 2 nitrogen and oxygen atoms in total. The van der Waals surface area contributed by atoms with E-state index in [1.54, 1.807) is 0 Å². The third-order valence-electron chi connectivity index (χ3n) is 3.76. The van der Waals surface area contributed by atoms with Crippen LogP contribution in [0.2, 0.25) is 0 Å². The Morgan fingerprint density at radius 3 is 2.00 bits per heavy atom. The molecule has 1 fully saturated rings. The number of nitrogens with one attached hydrogen (secondary N) is 1. The van der Waals surface area contributed by atoms with Crippen molar-refractivity contribution >= 4 is 5.91 Å². The van der Waals surface area contributed by atoms with Crippen LogP contribution in [-0.4, -0.2) is 11.4 Å². The molecule has 1 atom stereocenters. The van der Waals surface area contributed by atoms with Crippen molar-refractivity contribution in [3.8, 4) is 0 Å². The Morgan fingerprint density at radius 1 is 1.25 bits per heavy atom. The summed E-state index contributed by atoms with van der Waals surface area (Å²) in [6.07, 6.45) is 3.51. The van der Waals surface area contributed by atoms with E-state index in [-0.39, 0.29) is 22.8 Å². The predicted octanol–water partition coefficient (Wildman–Crippen LogP) is 3.36. The van der Waals surface area contributed by atoms with Gasteiger partial charge < -0.3 is 5.32 Å². The van der Waals surface area contributed by atoms with Gasteiger partial charge in [-0.2, -0.15) is 0 Å². The Bertz CT molecular complexity index is 258. The molecule has 1 aliphatic rings. The van der Waals surface area contributed by atoms with Crippen molar-refractivity contribution < 1.29 is 4.79 Å². The van der Waals surface area contributed by atoms with Gasteiger partial charge in [0.25, 0.3) is 0 Å². The second-order valence-electron chi connectivity index (χ2n) is 6.99. The van der Waals surface area contributed by atoms with Crippen molar-refractivity contribution in [2.24, 2.45) is 17.3 Å². The lowest BCUT2D eigenvalue weighted by Gasteiger charge is -2.42. The van der Waals surface area contributed by atoms with E-state index in [0.717, 1.165) is 12.8 Å². The molecule has 0 aromatic heterocycles. The van der Waals surface area contributed by atoms with Crippen LogP contribution in [0.15, 0.2) is 0 Å². The minimum Gasteiger partial charge on any atom is -0.351 e. The van der Waals surface area contributed by atoms with Crippen LogP contribution in [0.25, 0.3) is 0 Å². The van der Waals surface area contributed by atoms with Gasteiger partial charge in [-0.25, -0.2) is 0 Å². The summed E-state index contributed by atoms with van der Waals surface area (Å²) in [6.45, 7) is 12.9. The topological polar surface area (TPSA) is 29.1 Å². The van der Waals surface area contributed by atoms with Gasteiger partial charge in [-0.05, 0) is 37.5 Å². The molecule has 1 saturated carbocycles. The van der Waals surface area contributed by atoms with Crippen LogP contribution in [0.1, 0.15) is 60.8 Å². The van der Waals surface area contributed by atoms with Gasteiger partial charge in [0.2, 0.25) is 5.91 Å². The maximum absolute atomic E-state index is 12.3. The standard InChI is InChI=1S/C14H27NO/c1-10(2)11(13(3,4)5)12(16)15-14(6)8-7-9-14/h10-11H,7-9H2,1-6H3,(H,15,16). The van der Waals surface area contributed by atoms with Crippen molar-refractivity contribution in [1.82, 2.24) is 5.32 Å². The maximum atomic E-state index is 12.3. The molecule has 0 aliphatic heterocycles. The molecule has 1 aliphatic carbocycles. The van der Waals surface area contributed by atoms with Crippen LogP contribution in [0.4, 0.5) is 0 Å². The van der Waals surface area contributed by atoms with Crippen LogP contribution >= 0.6 is 0 Å². The van der Waals surface area contributed by atoms with Gasteiger partial charge in [0.1, 0.15) is 0 Å². The van der Waals surface area contributed by atoms with E-state index in [4.69, 9.17) is 0 Å². The van der Waals surface area contributed by atoms with E-state index >= 15 is 0 Å². The summed E-state index contributed by atoms with van der Waals surface area (Å²) in [7, 11) is 0. The molecule has 1 N–H and O–H groups in total. The van der Waals surface area contributed by atoms with Crippen molar-refractivity contribution in [2.45, 2.75) is 66.3 Å². The van der Waals surface area contributed by atoms with Crippen molar-refractivity contribution in [3.05, 3.63) is 0 Å². The van der Waals surface area contributed by atoms with Gasteiger partial charge in [0, 0.05) is 11.5 Å². The molecule has 1 amide bonds. The Hall–Kier alpha value is -0.530. The molecule has 0 heterocycles. The highest BCUT2D eigenvalue weighted by atomic mass is 16.2. The second kappa shape index (κ2) is 4.38. The summed E-state index contributed by atoms with van der Waals surface area (Å²) in [4.78, 5) is 12.3. The molecule has 1 unspecified atom stereocenters. The fourth-order valence-corrected chi connectivity index (χ4v) is 2.90. The molecule has 1 rings (SSSR count). The molecule has 0 radical (unpaired) electrons. The highest BCUT2D eigenvalue weighted by Gasteiger charge is 2.39. The number of rotatable bonds is 3. The summed E-state index contributed by atoms with van der Waals surface area (Å²) in [5.41, 5.74) is 0.119. The molecule has 0 spiro atoms. The van der Waals surface area contributed by atoms with E-state index < -0.39 is 0 Å². The van der Waals surface area contributed by atoms with E-state index in [0.29, 0.717) is 5.92 Å². The molecule has 94 valence electrons. The van der Waals surface area contributed by atoms with Gasteiger partial charge in [-0.3, -0.25) is 4.79 Å². The average Bonchev–Trinajstić information content (AvgIpc) is 1.96. The molecule has 0 aromatic rings. The average molecular weight is 225 g/mol. The number of hydrogen-bond donors (Lipinski definition) is 1. The minimum atomic E-state index is 0.0400. The Balaban J connectivity index is 2.68. The fraction of sp³-hybridized carbons (Fsp3) is 0.929. The monoisotopic (exact) mass is 225 g/mol. The van der Waals surface area contributed by atoms with Crippen LogP contribution < -0.4 is 5.32 Å². The third kappa shape index (κ3) is 2.99. The smallest absolute Gasteiger partial charge is 0.224 e. The van der Waals surface area contributed by atoms with E-state index in [1.807, 2.05) is 0 Å². The van der Waals surface area contributed by atoms with Gasteiger partial charge in [-0.1, -0.05) is 34.6 Å². The summed E-state index contributed by atoms with van der Waals surface area (Å²) >= 11 is 0. The zero-order chi connectivity index (χ0) is 12.6. The summed E-state index contributed by atoms with van der Waals surface area (Å²) in [5, 5.41) is 3.24. The largest absolute Gasteiger partial charge is 0.351 e. The van der Waals surface area contributed by atoms with E-state index in [9.17, 15) is 4.79 Å². The van der Waals surface area contributed by atoms with Gasteiger partial charge in [-0.15, -0.1) is 0 Å². The van der Waals surface area contributed by atoms with Crippen molar-refractivity contribution in [3.63, 3.8) is 0 Å². The summed E-state index contributed by atoms with van der Waals surface area (Å²) in [5.74, 6) is 0.735. The lowest BCUT2D eigenvalue weighted by molar-refractivity contribution is -0.133. The maximum Gasteiger partial charge on any atom is 0.224 e. The predicted molar refractivity (Wildman–Crippen MR) is 68.2 cm³/mol. The summed E-state index contributed by atoms with van der Waals surface area (Å²) < 4.78 is 0. The first-order chi connectivity index (χ1) is 7.16. The minimum absolute atomic E-state index is 0.0400. The fourth-order valence-electron chi connectivity index (χ4n) is 2.90. The normalized spacial score (nSPS) is 21.4. The molecular formula is C14H27NO. The quantitative estimate of drug-likeness (QED) is 0.784. The Labute approximate surface area is 100 Å². The highest BCUT2D eigenvalue weighted by molar-refractivity contribution is 5.80. The zero-order valence-electron chi connectivity index (χ0n) is 11.7. The first-order valence-electron chi connectivity index (χ1n) is 6.48.